The summed E-state index contributed by atoms with van der Waals surface area (Å²) in [6.45, 7) is 1.66. The number of aromatic nitrogens is 3. The molecule has 146 valence electrons. The zero-order chi connectivity index (χ0) is 19.3. The molecule has 0 aliphatic carbocycles. The van der Waals surface area contributed by atoms with Crippen LogP contribution in [0.15, 0.2) is 29.2 Å². The summed E-state index contributed by atoms with van der Waals surface area (Å²) in [5, 5.41) is 19.0. The standard InChI is InChI=1S/C17H24N6O3S/c18-27(25,26)14-7-5-13(6-8-14)9-10-19-17(24)20-12-16-22-21-15-4-2-1-3-11-23(15)16/h5-8H,1-4,9-12H2,(H2,18,25,26)(H2,19,20,24). The van der Waals surface area contributed by atoms with E-state index in [9.17, 15) is 13.2 Å². The van der Waals surface area contributed by atoms with Gasteiger partial charge in [0.15, 0.2) is 5.82 Å². The number of amides is 2. The number of nitrogens with one attached hydrogen (secondary N) is 2. The van der Waals surface area contributed by atoms with Crippen LogP contribution >= 0.6 is 0 Å². The Morgan fingerprint density at radius 3 is 2.63 bits per heavy atom. The first-order valence-corrected chi connectivity index (χ1v) is 10.5. The van der Waals surface area contributed by atoms with Crippen LogP contribution in [0.4, 0.5) is 4.79 Å². The quantitative estimate of drug-likeness (QED) is 0.665. The third-order valence-corrected chi connectivity index (χ3v) is 5.47. The van der Waals surface area contributed by atoms with Gasteiger partial charge in [0.1, 0.15) is 5.82 Å². The van der Waals surface area contributed by atoms with Crippen molar-refractivity contribution < 1.29 is 13.2 Å². The molecule has 2 amide bonds. The number of hydrogen-bond acceptors (Lipinski definition) is 5. The minimum Gasteiger partial charge on any atom is -0.338 e. The molecule has 1 aliphatic heterocycles. The zero-order valence-corrected chi connectivity index (χ0v) is 15.8. The van der Waals surface area contributed by atoms with E-state index in [4.69, 9.17) is 5.14 Å². The first kappa shape index (κ1) is 19.3. The number of urea groups is 1. The van der Waals surface area contributed by atoms with Crippen LogP contribution in [0.5, 0.6) is 0 Å². The first-order valence-electron chi connectivity index (χ1n) is 8.98. The Kier molecular flexibility index (Phi) is 6.07. The van der Waals surface area contributed by atoms with Crippen molar-refractivity contribution in [2.24, 2.45) is 5.14 Å². The lowest BCUT2D eigenvalue weighted by Gasteiger charge is -2.09. The highest BCUT2D eigenvalue weighted by Gasteiger charge is 2.15. The van der Waals surface area contributed by atoms with Gasteiger partial charge in [-0.15, -0.1) is 10.2 Å². The Morgan fingerprint density at radius 2 is 1.89 bits per heavy atom. The number of carbonyl (C=O) groups excluding carboxylic acids is 1. The molecular formula is C17H24N6O3S. The second-order valence-corrected chi connectivity index (χ2v) is 8.10. The van der Waals surface area contributed by atoms with E-state index in [1.165, 1.54) is 18.6 Å². The van der Waals surface area contributed by atoms with Crippen molar-refractivity contribution in [2.75, 3.05) is 6.54 Å². The van der Waals surface area contributed by atoms with Gasteiger partial charge >= 0.3 is 6.03 Å². The maximum atomic E-state index is 12.0. The van der Waals surface area contributed by atoms with Gasteiger partial charge in [-0.1, -0.05) is 18.6 Å². The fourth-order valence-electron chi connectivity index (χ4n) is 3.06. The van der Waals surface area contributed by atoms with E-state index >= 15 is 0 Å². The molecule has 10 heteroatoms. The summed E-state index contributed by atoms with van der Waals surface area (Å²) in [4.78, 5) is 12.0. The third kappa shape index (κ3) is 5.27. The molecule has 0 bridgehead atoms. The molecule has 0 atom stereocenters. The molecule has 9 nitrogen and oxygen atoms in total. The largest absolute Gasteiger partial charge is 0.338 e. The summed E-state index contributed by atoms with van der Waals surface area (Å²) < 4.78 is 24.6. The van der Waals surface area contributed by atoms with Crippen LogP contribution < -0.4 is 15.8 Å². The van der Waals surface area contributed by atoms with Gasteiger partial charge in [-0.05, 0) is 37.0 Å². The molecular weight excluding hydrogens is 368 g/mol. The second kappa shape index (κ2) is 8.49. The SMILES string of the molecule is NS(=O)(=O)c1ccc(CCNC(=O)NCc2nnc3n2CCCCC3)cc1. The van der Waals surface area contributed by atoms with Crippen molar-refractivity contribution in [1.82, 2.24) is 25.4 Å². The van der Waals surface area contributed by atoms with Crippen molar-refractivity contribution in [2.45, 2.75) is 50.1 Å². The minimum atomic E-state index is -3.68. The number of nitrogens with two attached hydrogens (primary N) is 1. The highest BCUT2D eigenvalue weighted by Crippen LogP contribution is 2.14. The molecule has 0 fully saturated rings. The predicted molar refractivity (Wildman–Crippen MR) is 99.3 cm³/mol. The van der Waals surface area contributed by atoms with Crippen LogP contribution in [-0.2, 0) is 36.0 Å². The van der Waals surface area contributed by atoms with E-state index in [2.05, 4.69) is 25.4 Å². The van der Waals surface area contributed by atoms with Crippen LogP contribution in [0.25, 0.3) is 0 Å². The summed E-state index contributed by atoms with van der Waals surface area (Å²) >= 11 is 0. The molecule has 3 rings (SSSR count). The number of rotatable bonds is 6. The monoisotopic (exact) mass is 392 g/mol. The average molecular weight is 392 g/mol. The van der Waals surface area contributed by atoms with Crippen molar-refractivity contribution in [3.05, 3.63) is 41.5 Å². The van der Waals surface area contributed by atoms with E-state index in [1.54, 1.807) is 12.1 Å². The molecule has 27 heavy (non-hydrogen) atoms. The number of nitrogens with zero attached hydrogens (tertiary/aromatic N) is 3. The van der Waals surface area contributed by atoms with Gasteiger partial charge in [0, 0.05) is 19.5 Å². The van der Waals surface area contributed by atoms with Gasteiger partial charge in [0.25, 0.3) is 0 Å². The molecule has 1 aliphatic rings. The van der Waals surface area contributed by atoms with Gasteiger partial charge in [-0.2, -0.15) is 0 Å². The Labute approximate surface area is 158 Å². The van der Waals surface area contributed by atoms with Crippen LogP contribution in [0.3, 0.4) is 0 Å². The summed E-state index contributed by atoms with van der Waals surface area (Å²) in [7, 11) is -3.68. The zero-order valence-electron chi connectivity index (χ0n) is 15.0. The maximum absolute atomic E-state index is 12.0. The van der Waals surface area contributed by atoms with E-state index in [1.807, 2.05) is 0 Å². The highest BCUT2D eigenvalue weighted by atomic mass is 32.2. The van der Waals surface area contributed by atoms with Gasteiger partial charge in [-0.25, -0.2) is 18.4 Å². The smallest absolute Gasteiger partial charge is 0.315 e. The van der Waals surface area contributed by atoms with Crippen LogP contribution in [0.1, 0.15) is 36.5 Å². The predicted octanol–water partition coefficient (Wildman–Crippen LogP) is 0.694. The minimum absolute atomic E-state index is 0.0735. The lowest BCUT2D eigenvalue weighted by atomic mass is 10.1. The summed E-state index contributed by atoms with van der Waals surface area (Å²) in [6, 6.07) is 6.01. The summed E-state index contributed by atoms with van der Waals surface area (Å²) in [5.74, 6) is 1.77. The topological polar surface area (TPSA) is 132 Å². The number of hydrogen-bond donors (Lipinski definition) is 3. The molecule has 2 heterocycles. The van der Waals surface area contributed by atoms with Crippen molar-refractivity contribution in [3.8, 4) is 0 Å². The molecule has 1 aromatic carbocycles. The van der Waals surface area contributed by atoms with E-state index in [-0.39, 0.29) is 10.9 Å². The number of benzene rings is 1. The number of sulfonamides is 1. The molecule has 0 spiro atoms. The summed E-state index contributed by atoms with van der Waals surface area (Å²) in [6.07, 6.45) is 4.94. The Bertz CT molecular complexity index is 892. The molecule has 0 unspecified atom stereocenters. The Balaban J connectivity index is 1.43. The molecule has 0 saturated carbocycles. The van der Waals surface area contributed by atoms with Crippen molar-refractivity contribution in [1.29, 1.82) is 0 Å². The Morgan fingerprint density at radius 1 is 1.11 bits per heavy atom. The molecule has 0 saturated heterocycles. The number of carbonyl (C=O) groups is 1. The van der Waals surface area contributed by atoms with Crippen molar-refractivity contribution in [3.63, 3.8) is 0 Å². The van der Waals surface area contributed by atoms with Gasteiger partial charge in [-0.3, -0.25) is 0 Å². The summed E-state index contributed by atoms with van der Waals surface area (Å²) in [5.41, 5.74) is 0.908. The number of primary sulfonamides is 1. The van der Waals surface area contributed by atoms with Gasteiger partial charge in [0.2, 0.25) is 10.0 Å². The lowest BCUT2D eigenvalue weighted by molar-refractivity contribution is 0.240. The average Bonchev–Trinajstić information content (AvgIpc) is 2.86. The second-order valence-electron chi connectivity index (χ2n) is 6.54. The highest BCUT2D eigenvalue weighted by molar-refractivity contribution is 7.89. The van der Waals surface area contributed by atoms with E-state index in [0.717, 1.165) is 43.0 Å². The van der Waals surface area contributed by atoms with Gasteiger partial charge < -0.3 is 15.2 Å². The number of fused-ring (bicyclic) bond motifs is 1. The fourth-order valence-corrected chi connectivity index (χ4v) is 3.58. The fraction of sp³-hybridized carbons (Fsp3) is 0.471. The van der Waals surface area contributed by atoms with Crippen LogP contribution in [0.2, 0.25) is 0 Å². The van der Waals surface area contributed by atoms with Crippen LogP contribution in [0, 0.1) is 0 Å². The van der Waals surface area contributed by atoms with Crippen molar-refractivity contribution >= 4 is 16.1 Å². The Hall–Kier alpha value is -2.46. The number of aryl methyl sites for hydroxylation is 1. The lowest BCUT2D eigenvalue weighted by Crippen LogP contribution is -2.36. The molecule has 2 aromatic rings. The molecule has 1 aromatic heterocycles. The van der Waals surface area contributed by atoms with E-state index in [0.29, 0.717) is 19.5 Å². The third-order valence-electron chi connectivity index (χ3n) is 4.54. The molecule has 4 N–H and O–H groups in total. The van der Waals surface area contributed by atoms with Crippen LogP contribution in [-0.4, -0.2) is 35.8 Å². The van der Waals surface area contributed by atoms with Gasteiger partial charge in [0.05, 0.1) is 11.4 Å². The molecule has 0 radical (unpaired) electrons. The maximum Gasteiger partial charge on any atom is 0.315 e. The normalized spacial score (nSPS) is 14.3. The first-order chi connectivity index (χ1) is 12.9. The van der Waals surface area contributed by atoms with E-state index < -0.39 is 10.0 Å².